The molecule has 17 heavy (non-hydrogen) atoms. The third-order valence-electron chi connectivity index (χ3n) is 1.89. The van der Waals surface area contributed by atoms with Gasteiger partial charge in [0.25, 0.3) is 16.1 Å². The van der Waals surface area contributed by atoms with Gasteiger partial charge in [0.05, 0.1) is 10.6 Å². The molecule has 0 spiro atoms. The SMILES string of the molecule is CN(C)S(=O)(=O)NNC(=O)c1ccccc1Cl. The minimum Gasteiger partial charge on any atom is -0.273 e. The number of nitrogens with one attached hydrogen (secondary N) is 2. The molecule has 0 saturated carbocycles. The highest BCUT2D eigenvalue weighted by molar-refractivity contribution is 7.87. The summed E-state index contributed by atoms with van der Waals surface area (Å²) in [5.74, 6) is -0.624. The van der Waals surface area contributed by atoms with Crippen LogP contribution in [-0.2, 0) is 10.2 Å². The number of hydrogen-bond acceptors (Lipinski definition) is 3. The maximum atomic E-state index is 11.6. The fourth-order valence-corrected chi connectivity index (χ4v) is 1.54. The molecule has 1 amide bonds. The molecule has 0 aliphatic rings. The number of rotatable bonds is 4. The maximum Gasteiger partial charge on any atom is 0.295 e. The number of amides is 1. The smallest absolute Gasteiger partial charge is 0.273 e. The van der Waals surface area contributed by atoms with Crippen LogP contribution in [0.5, 0.6) is 0 Å². The summed E-state index contributed by atoms with van der Waals surface area (Å²) in [6.07, 6.45) is 0. The van der Waals surface area contributed by atoms with Gasteiger partial charge < -0.3 is 0 Å². The number of hydrogen-bond donors (Lipinski definition) is 2. The lowest BCUT2D eigenvalue weighted by Crippen LogP contribution is -2.46. The lowest BCUT2D eigenvalue weighted by atomic mass is 10.2. The summed E-state index contributed by atoms with van der Waals surface area (Å²) in [6, 6.07) is 6.32. The van der Waals surface area contributed by atoms with E-state index in [-0.39, 0.29) is 10.6 Å². The molecule has 0 aliphatic carbocycles. The van der Waals surface area contributed by atoms with Crippen LogP contribution in [0.3, 0.4) is 0 Å². The predicted molar refractivity (Wildman–Crippen MR) is 64.7 cm³/mol. The minimum absolute atomic E-state index is 0.190. The van der Waals surface area contributed by atoms with Gasteiger partial charge in [-0.25, -0.2) is 0 Å². The molecule has 6 nitrogen and oxygen atoms in total. The Morgan fingerprint density at radius 3 is 2.41 bits per heavy atom. The molecule has 0 unspecified atom stereocenters. The van der Waals surface area contributed by atoms with Crippen molar-refractivity contribution in [3.63, 3.8) is 0 Å². The van der Waals surface area contributed by atoms with E-state index in [1.165, 1.54) is 26.2 Å². The lowest BCUT2D eigenvalue weighted by Gasteiger charge is -2.13. The summed E-state index contributed by atoms with van der Waals surface area (Å²) < 4.78 is 23.6. The molecule has 1 rings (SSSR count). The summed E-state index contributed by atoms with van der Waals surface area (Å²) in [7, 11) is -1.03. The van der Waals surface area contributed by atoms with Gasteiger partial charge in [-0.3, -0.25) is 10.2 Å². The molecule has 0 radical (unpaired) electrons. The first-order valence-electron chi connectivity index (χ1n) is 4.58. The van der Waals surface area contributed by atoms with E-state index in [0.717, 1.165) is 4.31 Å². The van der Waals surface area contributed by atoms with Gasteiger partial charge in [0.1, 0.15) is 0 Å². The predicted octanol–water partition coefficient (Wildman–Crippen LogP) is 0.381. The number of hydrazine groups is 1. The highest BCUT2D eigenvalue weighted by Crippen LogP contribution is 2.14. The van der Waals surface area contributed by atoms with E-state index in [2.05, 4.69) is 5.43 Å². The summed E-state index contributed by atoms with van der Waals surface area (Å²) in [5.41, 5.74) is 2.25. The zero-order valence-electron chi connectivity index (χ0n) is 9.27. The Labute approximate surface area is 105 Å². The number of carbonyl (C=O) groups excluding carboxylic acids is 1. The molecule has 1 aromatic rings. The summed E-state index contributed by atoms with van der Waals surface area (Å²) in [5, 5.41) is 0.244. The fourth-order valence-electron chi connectivity index (χ4n) is 0.915. The van der Waals surface area contributed by atoms with Gasteiger partial charge in [-0.15, -0.1) is 4.83 Å². The van der Waals surface area contributed by atoms with Crippen LogP contribution >= 0.6 is 11.6 Å². The molecular formula is C9H12ClN3O3S. The van der Waals surface area contributed by atoms with Crippen molar-refractivity contribution < 1.29 is 13.2 Å². The Kier molecular flexibility index (Phi) is 4.47. The van der Waals surface area contributed by atoms with E-state index in [0.29, 0.717) is 0 Å². The van der Waals surface area contributed by atoms with Gasteiger partial charge in [0, 0.05) is 14.1 Å². The van der Waals surface area contributed by atoms with Gasteiger partial charge in [0.15, 0.2) is 0 Å². The molecule has 0 heterocycles. The van der Waals surface area contributed by atoms with E-state index < -0.39 is 16.1 Å². The number of nitrogens with zero attached hydrogens (tertiary/aromatic N) is 1. The van der Waals surface area contributed by atoms with Crippen LogP contribution in [0.2, 0.25) is 5.02 Å². The average molecular weight is 278 g/mol. The molecule has 8 heteroatoms. The first kappa shape index (κ1) is 13.9. The Hall–Kier alpha value is -1.15. The normalized spacial score (nSPS) is 11.5. The second-order valence-electron chi connectivity index (χ2n) is 3.32. The average Bonchev–Trinajstić information content (AvgIpc) is 2.26. The van der Waals surface area contributed by atoms with Crippen LogP contribution in [0.4, 0.5) is 0 Å². The summed E-state index contributed by atoms with van der Waals surface area (Å²) in [6.45, 7) is 0. The topological polar surface area (TPSA) is 78.5 Å². The monoisotopic (exact) mass is 277 g/mol. The maximum absolute atomic E-state index is 11.6. The summed E-state index contributed by atoms with van der Waals surface area (Å²) >= 11 is 5.78. The molecule has 2 N–H and O–H groups in total. The highest BCUT2D eigenvalue weighted by Gasteiger charge is 2.15. The first-order chi connectivity index (χ1) is 7.84. The number of halogens is 1. The minimum atomic E-state index is -3.71. The second-order valence-corrected chi connectivity index (χ2v) is 5.62. The van der Waals surface area contributed by atoms with E-state index in [9.17, 15) is 13.2 Å². The number of carbonyl (C=O) groups is 1. The molecule has 0 aliphatic heterocycles. The largest absolute Gasteiger partial charge is 0.295 e. The molecule has 0 saturated heterocycles. The molecule has 0 fully saturated rings. The molecule has 0 aromatic heterocycles. The summed E-state index contributed by atoms with van der Waals surface area (Å²) in [4.78, 5) is 13.5. The van der Waals surface area contributed by atoms with Crippen molar-refractivity contribution in [3.05, 3.63) is 34.9 Å². The van der Waals surface area contributed by atoms with Crippen molar-refractivity contribution in [2.75, 3.05) is 14.1 Å². The van der Waals surface area contributed by atoms with Crippen LogP contribution in [0, 0.1) is 0 Å². The van der Waals surface area contributed by atoms with Crippen molar-refractivity contribution in [2.45, 2.75) is 0 Å². The van der Waals surface area contributed by atoms with Crippen molar-refractivity contribution in [1.82, 2.24) is 14.6 Å². The Morgan fingerprint density at radius 1 is 1.29 bits per heavy atom. The standard InChI is InChI=1S/C9H12ClN3O3S/c1-13(2)17(15,16)12-11-9(14)7-5-3-4-6-8(7)10/h3-6,12H,1-2H3,(H,11,14). The van der Waals surface area contributed by atoms with E-state index in [1.807, 2.05) is 4.83 Å². The molecule has 0 atom stereocenters. The number of benzene rings is 1. The Morgan fingerprint density at radius 2 is 1.88 bits per heavy atom. The lowest BCUT2D eigenvalue weighted by molar-refractivity contribution is 0.0944. The van der Waals surface area contributed by atoms with Crippen molar-refractivity contribution in [3.8, 4) is 0 Å². The van der Waals surface area contributed by atoms with Crippen LogP contribution in [-0.4, -0.2) is 32.7 Å². The van der Waals surface area contributed by atoms with E-state index >= 15 is 0 Å². The third kappa shape index (κ3) is 3.67. The van der Waals surface area contributed by atoms with Crippen molar-refractivity contribution in [1.29, 1.82) is 0 Å². The Bertz CT molecular complexity index is 516. The molecular weight excluding hydrogens is 266 g/mol. The van der Waals surface area contributed by atoms with Gasteiger partial charge in [-0.05, 0) is 12.1 Å². The molecule has 94 valence electrons. The van der Waals surface area contributed by atoms with Crippen molar-refractivity contribution in [2.24, 2.45) is 0 Å². The van der Waals surface area contributed by atoms with Gasteiger partial charge in [-0.1, -0.05) is 23.7 Å². The van der Waals surface area contributed by atoms with Crippen LogP contribution < -0.4 is 10.3 Å². The van der Waals surface area contributed by atoms with Gasteiger partial charge in [-0.2, -0.15) is 12.7 Å². The van der Waals surface area contributed by atoms with E-state index in [4.69, 9.17) is 11.6 Å². The van der Waals surface area contributed by atoms with Gasteiger partial charge in [0.2, 0.25) is 0 Å². The van der Waals surface area contributed by atoms with Crippen LogP contribution in [0.25, 0.3) is 0 Å². The van der Waals surface area contributed by atoms with Gasteiger partial charge >= 0.3 is 0 Å². The van der Waals surface area contributed by atoms with Crippen LogP contribution in [0.1, 0.15) is 10.4 Å². The molecule has 1 aromatic carbocycles. The Balaban J connectivity index is 2.73. The highest BCUT2D eigenvalue weighted by atomic mass is 35.5. The first-order valence-corrected chi connectivity index (χ1v) is 6.40. The zero-order valence-corrected chi connectivity index (χ0v) is 10.8. The van der Waals surface area contributed by atoms with E-state index in [1.54, 1.807) is 12.1 Å². The third-order valence-corrected chi connectivity index (χ3v) is 3.54. The van der Waals surface area contributed by atoms with Crippen molar-refractivity contribution >= 4 is 27.7 Å². The molecule has 0 bridgehead atoms. The second kappa shape index (κ2) is 5.46. The quantitative estimate of drug-likeness (QED) is 0.781. The zero-order chi connectivity index (χ0) is 13.1. The fraction of sp³-hybridized carbons (Fsp3) is 0.222. The van der Waals surface area contributed by atoms with Crippen LogP contribution in [0.15, 0.2) is 24.3 Å².